The molecule has 3 N–H and O–H groups in total. The predicted molar refractivity (Wildman–Crippen MR) is 54.8 cm³/mol. The van der Waals surface area contributed by atoms with E-state index in [0.717, 1.165) is 12.8 Å². The van der Waals surface area contributed by atoms with E-state index in [1.165, 1.54) is 10.6 Å². The molecule has 6 heteroatoms. The number of aromatic nitrogens is 2. The normalized spacial score (nSPS) is 21.5. The van der Waals surface area contributed by atoms with Crippen LogP contribution in [0.25, 0.3) is 0 Å². The molecule has 82 valence electrons. The maximum absolute atomic E-state index is 11.5. The molecule has 6 nitrogen and oxygen atoms in total. The maximum atomic E-state index is 11.5. The van der Waals surface area contributed by atoms with Gasteiger partial charge in [-0.2, -0.15) is 0 Å². The number of aromatic amines is 1. The van der Waals surface area contributed by atoms with Crippen LogP contribution in [0.3, 0.4) is 0 Å². The average molecular weight is 211 g/mol. The minimum Gasteiger partial charge on any atom is -0.385 e. The first-order chi connectivity index (χ1) is 7.18. The van der Waals surface area contributed by atoms with E-state index >= 15 is 0 Å². The van der Waals surface area contributed by atoms with Gasteiger partial charge in [-0.05, 0) is 12.8 Å². The summed E-state index contributed by atoms with van der Waals surface area (Å²) < 4.78 is 6.66. The van der Waals surface area contributed by atoms with E-state index in [1.807, 2.05) is 0 Å². The van der Waals surface area contributed by atoms with Gasteiger partial charge in [0.2, 0.25) is 0 Å². The molecule has 0 amide bonds. The van der Waals surface area contributed by atoms with Gasteiger partial charge in [-0.3, -0.25) is 14.3 Å². The highest BCUT2D eigenvalue weighted by Crippen LogP contribution is 2.19. The summed E-state index contributed by atoms with van der Waals surface area (Å²) in [5.74, 6) is 0.194. The highest BCUT2D eigenvalue weighted by molar-refractivity contribution is 5.27. The SMILES string of the molecule is Nc1cc(=O)[nH]c(=O)n1C1CCCOC1. The van der Waals surface area contributed by atoms with Crippen LogP contribution in [0.4, 0.5) is 5.82 Å². The summed E-state index contributed by atoms with van der Waals surface area (Å²) in [6.45, 7) is 1.19. The van der Waals surface area contributed by atoms with E-state index in [2.05, 4.69) is 4.98 Å². The molecule has 1 atom stereocenters. The summed E-state index contributed by atoms with van der Waals surface area (Å²) in [5.41, 5.74) is 4.71. The number of nitrogen functional groups attached to an aromatic ring is 1. The number of nitrogens with zero attached hydrogens (tertiary/aromatic N) is 1. The molecule has 1 unspecified atom stereocenters. The van der Waals surface area contributed by atoms with Crippen LogP contribution in [0.15, 0.2) is 15.7 Å². The fourth-order valence-corrected chi connectivity index (χ4v) is 1.83. The first-order valence-corrected chi connectivity index (χ1v) is 4.87. The zero-order chi connectivity index (χ0) is 10.8. The van der Waals surface area contributed by atoms with Crippen molar-refractivity contribution < 1.29 is 4.74 Å². The third kappa shape index (κ3) is 1.94. The predicted octanol–water partition coefficient (Wildman–Crippen LogP) is -0.530. The van der Waals surface area contributed by atoms with Crippen LogP contribution in [0.2, 0.25) is 0 Å². The van der Waals surface area contributed by atoms with Gasteiger partial charge in [0, 0.05) is 12.7 Å². The van der Waals surface area contributed by atoms with E-state index < -0.39 is 11.2 Å². The molecule has 0 aliphatic carbocycles. The number of hydrogen-bond donors (Lipinski definition) is 2. The molecule has 1 aliphatic rings. The van der Waals surface area contributed by atoms with Crippen LogP contribution < -0.4 is 17.0 Å². The molecule has 1 aliphatic heterocycles. The van der Waals surface area contributed by atoms with Crippen molar-refractivity contribution in [1.82, 2.24) is 9.55 Å². The molecule has 1 aromatic rings. The second kappa shape index (κ2) is 3.90. The number of H-pyrrole nitrogens is 1. The molecule has 15 heavy (non-hydrogen) atoms. The van der Waals surface area contributed by atoms with E-state index in [4.69, 9.17) is 10.5 Å². The van der Waals surface area contributed by atoms with E-state index in [9.17, 15) is 9.59 Å². The molecule has 0 bridgehead atoms. The van der Waals surface area contributed by atoms with Crippen molar-refractivity contribution in [2.45, 2.75) is 18.9 Å². The fourth-order valence-electron chi connectivity index (χ4n) is 1.83. The summed E-state index contributed by atoms with van der Waals surface area (Å²) in [6.07, 6.45) is 1.74. The smallest absolute Gasteiger partial charge is 0.330 e. The maximum Gasteiger partial charge on any atom is 0.330 e. The van der Waals surface area contributed by atoms with Gasteiger partial charge >= 0.3 is 5.69 Å². The van der Waals surface area contributed by atoms with Crippen LogP contribution in [0.5, 0.6) is 0 Å². The molecule has 1 aromatic heterocycles. The summed E-state index contributed by atoms with van der Waals surface area (Å²) in [6, 6.07) is 1.15. The first-order valence-electron chi connectivity index (χ1n) is 4.87. The zero-order valence-corrected chi connectivity index (χ0v) is 8.23. The Morgan fingerprint density at radius 3 is 2.93 bits per heavy atom. The third-order valence-electron chi connectivity index (χ3n) is 2.51. The highest BCUT2D eigenvalue weighted by Gasteiger charge is 2.18. The van der Waals surface area contributed by atoms with Crippen molar-refractivity contribution in [1.29, 1.82) is 0 Å². The van der Waals surface area contributed by atoms with Crippen molar-refractivity contribution in [2.24, 2.45) is 0 Å². The lowest BCUT2D eigenvalue weighted by Crippen LogP contribution is -2.36. The first kappa shape index (κ1) is 9.97. The van der Waals surface area contributed by atoms with Crippen LogP contribution in [0, 0.1) is 0 Å². The van der Waals surface area contributed by atoms with Crippen LogP contribution in [-0.4, -0.2) is 22.8 Å². The molecule has 0 saturated carbocycles. The molecule has 1 saturated heterocycles. The summed E-state index contributed by atoms with van der Waals surface area (Å²) in [4.78, 5) is 24.7. The van der Waals surface area contributed by atoms with Gasteiger partial charge in [0.05, 0.1) is 12.6 Å². The Balaban J connectivity index is 2.42. The van der Waals surface area contributed by atoms with Gasteiger partial charge in [-0.25, -0.2) is 4.79 Å². The lowest BCUT2D eigenvalue weighted by molar-refractivity contribution is 0.0582. The number of nitrogens with one attached hydrogen (secondary N) is 1. The molecule has 2 heterocycles. The highest BCUT2D eigenvalue weighted by atomic mass is 16.5. The minimum absolute atomic E-state index is 0.0666. The van der Waals surface area contributed by atoms with Gasteiger partial charge in [0.1, 0.15) is 5.82 Å². The Morgan fingerprint density at radius 2 is 2.33 bits per heavy atom. The van der Waals surface area contributed by atoms with Crippen molar-refractivity contribution in [2.75, 3.05) is 18.9 Å². The van der Waals surface area contributed by atoms with Gasteiger partial charge in [-0.1, -0.05) is 0 Å². The van der Waals surface area contributed by atoms with E-state index in [0.29, 0.717) is 13.2 Å². The summed E-state index contributed by atoms with van der Waals surface area (Å²) in [5, 5.41) is 0. The Kier molecular flexibility index (Phi) is 2.59. The van der Waals surface area contributed by atoms with Gasteiger partial charge in [0.25, 0.3) is 5.56 Å². The standard InChI is InChI=1S/C9H13N3O3/c10-7-4-8(13)11-9(14)12(7)6-2-1-3-15-5-6/h4,6H,1-3,5,10H2,(H,11,13,14). The molecule has 0 spiro atoms. The molecule has 0 radical (unpaired) electrons. The monoisotopic (exact) mass is 211 g/mol. The largest absolute Gasteiger partial charge is 0.385 e. The van der Waals surface area contributed by atoms with E-state index in [1.54, 1.807) is 0 Å². The molecule has 0 aromatic carbocycles. The van der Waals surface area contributed by atoms with Gasteiger partial charge < -0.3 is 10.5 Å². The zero-order valence-electron chi connectivity index (χ0n) is 8.23. The Hall–Kier alpha value is -1.56. The number of ether oxygens (including phenoxy) is 1. The molecular weight excluding hydrogens is 198 g/mol. The van der Waals surface area contributed by atoms with Gasteiger partial charge in [-0.15, -0.1) is 0 Å². The number of rotatable bonds is 1. The number of nitrogens with two attached hydrogens (primary N) is 1. The van der Waals surface area contributed by atoms with Gasteiger partial charge in [0.15, 0.2) is 0 Å². The molecule has 2 rings (SSSR count). The third-order valence-corrected chi connectivity index (χ3v) is 2.51. The Bertz CT molecular complexity index is 456. The van der Waals surface area contributed by atoms with Crippen molar-refractivity contribution >= 4 is 5.82 Å². The second-order valence-electron chi connectivity index (χ2n) is 3.60. The van der Waals surface area contributed by atoms with Crippen molar-refractivity contribution in [3.8, 4) is 0 Å². The summed E-state index contributed by atoms with van der Waals surface area (Å²) in [7, 11) is 0. The van der Waals surface area contributed by atoms with E-state index in [-0.39, 0.29) is 11.9 Å². The Labute approximate surface area is 85.7 Å². The topological polar surface area (TPSA) is 90.1 Å². The lowest BCUT2D eigenvalue weighted by atomic mass is 10.1. The van der Waals surface area contributed by atoms with Crippen LogP contribution in [-0.2, 0) is 4.74 Å². The fraction of sp³-hybridized carbons (Fsp3) is 0.556. The van der Waals surface area contributed by atoms with Crippen LogP contribution in [0.1, 0.15) is 18.9 Å². The number of anilines is 1. The van der Waals surface area contributed by atoms with Crippen molar-refractivity contribution in [3.05, 3.63) is 26.9 Å². The average Bonchev–Trinajstić information content (AvgIpc) is 2.17. The van der Waals surface area contributed by atoms with Crippen LogP contribution >= 0.6 is 0 Å². The molecular formula is C9H13N3O3. The quantitative estimate of drug-likeness (QED) is 0.653. The number of hydrogen-bond acceptors (Lipinski definition) is 4. The minimum atomic E-state index is -0.467. The lowest BCUT2D eigenvalue weighted by Gasteiger charge is -2.24. The summed E-state index contributed by atoms with van der Waals surface area (Å²) >= 11 is 0. The Morgan fingerprint density at radius 1 is 1.53 bits per heavy atom. The van der Waals surface area contributed by atoms with Crippen molar-refractivity contribution in [3.63, 3.8) is 0 Å². The second-order valence-corrected chi connectivity index (χ2v) is 3.60. The molecule has 1 fully saturated rings.